The molecular weight excluding hydrogens is 320 g/mol. The predicted molar refractivity (Wildman–Crippen MR) is 96.0 cm³/mol. The molecule has 25 heavy (non-hydrogen) atoms. The maximum Gasteiger partial charge on any atom is 0.188 e. The van der Waals surface area contributed by atoms with E-state index in [1.807, 2.05) is 42.5 Å². The van der Waals surface area contributed by atoms with Gasteiger partial charge in [0.15, 0.2) is 13.6 Å². The minimum Gasteiger partial charge on any atom is -0.467 e. The summed E-state index contributed by atoms with van der Waals surface area (Å²) in [6.45, 7) is 0.169. The summed E-state index contributed by atoms with van der Waals surface area (Å²) in [4.78, 5) is 11.2. The van der Waals surface area contributed by atoms with Gasteiger partial charge < -0.3 is 18.9 Å². The van der Waals surface area contributed by atoms with Gasteiger partial charge in [0.25, 0.3) is 0 Å². The highest BCUT2D eigenvalue weighted by molar-refractivity contribution is 5.77. The summed E-state index contributed by atoms with van der Waals surface area (Å²) in [7, 11) is 3.09. The highest BCUT2D eigenvalue weighted by Crippen LogP contribution is 2.31. The van der Waals surface area contributed by atoms with Crippen molar-refractivity contribution in [2.75, 3.05) is 27.8 Å². The van der Waals surface area contributed by atoms with Gasteiger partial charge in [0.1, 0.15) is 17.8 Å². The molecule has 2 aromatic rings. The lowest BCUT2D eigenvalue weighted by Crippen LogP contribution is -2.07. The molecule has 0 heterocycles. The maximum absolute atomic E-state index is 11.2. The number of rotatable bonds is 10. The van der Waals surface area contributed by atoms with Gasteiger partial charge >= 0.3 is 0 Å². The average Bonchev–Trinajstić information content (AvgIpc) is 2.66. The zero-order valence-electron chi connectivity index (χ0n) is 14.4. The summed E-state index contributed by atoms with van der Waals surface area (Å²) >= 11 is 0. The maximum atomic E-state index is 11.2. The van der Waals surface area contributed by atoms with E-state index in [1.54, 1.807) is 26.4 Å². The van der Waals surface area contributed by atoms with Crippen molar-refractivity contribution in [2.45, 2.75) is 6.42 Å². The molecule has 5 heteroatoms. The van der Waals surface area contributed by atoms with Crippen molar-refractivity contribution in [3.8, 4) is 11.5 Å². The number of hydrogen-bond donors (Lipinski definition) is 0. The van der Waals surface area contributed by atoms with Gasteiger partial charge in [0.05, 0.1) is 0 Å². The summed E-state index contributed by atoms with van der Waals surface area (Å²) in [5, 5.41) is 0. The van der Waals surface area contributed by atoms with Crippen molar-refractivity contribution in [3.63, 3.8) is 0 Å². The largest absolute Gasteiger partial charge is 0.467 e. The Morgan fingerprint density at radius 2 is 1.48 bits per heavy atom. The third-order valence-electron chi connectivity index (χ3n) is 3.42. The first-order valence-electron chi connectivity index (χ1n) is 7.85. The lowest BCUT2D eigenvalue weighted by atomic mass is 10.0. The summed E-state index contributed by atoms with van der Waals surface area (Å²) in [5.41, 5.74) is 2.39. The number of ether oxygens (including phenoxy) is 4. The third kappa shape index (κ3) is 5.74. The minimum atomic E-state index is 0.0847. The molecule has 5 nitrogen and oxygen atoms in total. The van der Waals surface area contributed by atoms with Crippen LogP contribution in [0.25, 0.3) is 6.08 Å². The van der Waals surface area contributed by atoms with Gasteiger partial charge in [-0.05, 0) is 24.1 Å². The van der Waals surface area contributed by atoms with E-state index in [0.29, 0.717) is 23.5 Å². The molecule has 0 unspecified atom stereocenters. The molecule has 0 saturated heterocycles. The number of methoxy groups -OCH3 is 2. The fourth-order valence-electron chi connectivity index (χ4n) is 2.29. The van der Waals surface area contributed by atoms with Crippen molar-refractivity contribution >= 4 is 12.4 Å². The Labute approximate surface area is 147 Å². The quantitative estimate of drug-likeness (QED) is 0.486. The van der Waals surface area contributed by atoms with Crippen LogP contribution in [0.3, 0.4) is 0 Å². The molecule has 2 rings (SSSR count). The van der Waals surface area contributed by atoms with E-state index < -0.39 is 0 Å². The van der Waals surface area contributed by atoms with Gasteiger partial charge in [-0.15, -0.1) is 0 Å². The van der Waals surface area contributed by atoms with Gasteiger partial charge in [-0.3, -0.25) is 4.79 Å². The first kappa shape index (κ1) is 18.7. The summed E-state index contributed by atoms with van der Waals surface area (Å²) in [5.74, 6) is 1.10. The average molecular weight is 342 g/mol. The highest BCUT2D eigenvalue weighted by atomic mass is 16.7. The van der Waals surface area contributed by atoms with Crippen LogP contribution in [0.4, 0.5) is 0 Å². The fourth-order valence-corrected chi connectivity index (χ4v) is 2.29. The second-order valence-corrected chi connectivity index (χ2v) is 5.23. The highest BCUT2D eigenvalue weighted by Gasteiger charge is 2.13. The van der Waals surface area contributed by atoms with E-state index in [2.05, 4.69) is 0 Å². The van der Waals surface area contributed by atoms with Gasteiger partial charge in [-0.2, -0.15) is 0 Å². The van der Waals surface area contributed by atoms with Crippen molar-refractivity contribution in [3.05, 3.63) is 65.2 Å². The summed E-state index contributed by atoms with van der Waals surface area (Å²) in [6.07, 6.45) is 5.37. The Morgan fingerprint density at radius 1 is 0.880 bits per heavy atom. The zero-order valence-corrected chi connectivity index (χ0v) is 14.4. The van der Waals surface area contributed by atoms with Gasteiger partial charge in [-0.1, -0.05) is 42.5 Å². The monoisotopic (exact) mass is 342 g/mol. The minimum absolute atomic E-state index is 0.0847. The molecular formula is C20H22O5. The van der Waals surface area contributed by atoms with Crippen LogP contribution in [0.15, 0.2) is 48.5 Å². The first-order valence-corrected chi connectivity index (χ1v) is 7.85. The van der Waals surface area contributed by atoms with E-state index in [4.69, 9.17) is 18.9 Å². The number of benzene rings is 2. The van der Waals surface area contributed by atoms with Crippen molar-refractivity contribution in [1.29, 1.82) is 0 Å². The zero-order chi connectivity index (χ0) is 17.9. The molecule has 0 fully saturated rings. The van der Waals surface area contributed by atoms with Gasteiger partial charge in [-0.25, -0.2) is 0 Å². The Morgan fingerprint density at radius 3 is 2.00 bits per heavy atom. The van der Waals surface area contributed by atoms with Gasteiger partial charge in [0, 0.05) is 25.3 Å². The van der Waals surface area contributed by atoms with E-state index in [9.17, 15) is 4.79 Å². The van der Waals surface area contributed by atoms with Crippen LogP contribution in [-0.4, -0.2) is 34.1 Å². The molecule has 0 spiro atoms. The molecule has 132 valence electrons. The Kier molecular flexibility index (Phi) is 7.69. The SMILES string of the molecule is COCOc1cc(C=O)cc(OCOC)c1CC=Cc1ccccc1. The number of aldehydes is 1. The van der Waals surface area contributed by atoms with Crippen molar-refractivity contribution in [1.82, 2.24) is 0 Å². The number of allylic oxidation sites excluding steroid dienone is 1. The topological polar surface area (TPSA) is 54.0 Å². The van der Waals surface area contributed by atoms with E-state index in [1.165, 1.54) is 0 Å². The Balaban J connectivity index is 2.29. The standard InChI is InChI=1S/C20H22O5/c1-22-14-24-19-11-17(13-21)12-20(25-15-23-2)18(19)10-6-9-16-7-4-3-5-8-16/h3-9,11-13H,10,14-15H2,1-2H3. The van der Waals surface area contributed by atoms with Crippen LogP contribution in [0.2, 0.25) is 0 Å². The van der Waals surface area contributed by atoms with Gasteiger partial charge in [0.2, 0.25) is 0 Å². The molecule has 0 aliphatic heterocycles. The number of carbonyl (C=O) groups is 1. The molecule has 0 atom stereocenters. The first-order chi connectivity index (χ1) is 12.3. The molecule has 0 aliphatic rings. The number of carbonyl (C=O) groups excluding carboxylic acids is 1. The van der Waals surface area contributed by atoms with Crippen LogP contribution >= 0.6 is 0 Å². The molecule has 0 aliphatic carbocycles. The fraction of sp³-hybridized carbons (Fsp3) is 0.250. The van der Waals surface area contributed by atoms with Crippen molar-refractivity contribution in [2.24, 2.45) is 0 Å². The second kappa shape index (κ2) is 10.3. The molecule has 0 bridgehead atoms. The van der Waals surface area contributed by atoms with Crippen LogP contribution in [0.1, 0.15) is 21.5 Å². The molecule has 0 N–H and O–H groups in total. The summed E-state index contributed by atoms with van der Waals surface area (Å²) in [6, 6.07) is 13.3. The van der Waals surface area contributed by atoms with Crippen molar-refractivity contribution < 1.29 is 23.7 Å². The lowest BCUT2D eigenvalue weighted by molar-refractivity contribution is 0.0447. The van der Waals surface area contributed by atoms with Crippen LogP contribution in [-0.2, 0) is 15.9 Å². The second-order valence-electron chi connectivity index (χ2n) is 5.23. The third-order valence-corrected chi connectivity index (χ3v) is 3.42. The Bertz CT molecular complexity index is 665. The molecule has 0 aromatic heterocycles. The van der Waals surface area contributed by atoms with E-state index >= 15 is 0 Å². The normalized spacial score (nSPS) is 10.8. The predicted octanol–water partition coefficient (Wildman–Crippen LogP) is 3.72. The smallest absolute Gasteiger partial charge is 0.188 e. The Hall–Kier alpha value is -2.63. The molecule has 0 saturated carbocycles. The number of hydrogen-bond acceptors (Lipinski definition) is 5. The van der Waals surface area contributed by atoms with E-state index in [-0.39, 0.29) is 13.6 Å². The molecule has 0 amide bonds. The lowest BCUT2D eigenvalue weighted by Gasteiger charge is -2.15. The summed E-state index contributed by atoms with van der Waals surface area (Å²) < 4.78 is 21.2. The molecule has 0 radical (unpaired) electrons. The van der Waals surface area contributed by atoms with E-state index in [0.717, 1.165) is 17.4 Å². The van der Waals surface area contributed by atoms with Crippen LogP contribution in [0, 0.1) is 0 Å². The van der Waals surface area contributed by atoms with Crippen LogP contribution in [0.5, 0.6) is 11.5 Å². The molecule has 2 aromatic carbocycles. The van der Waals surface area contributed by atoms with Crippen LogP contribution < -0.4 is 9.47 Å².